The molecule has 0 saturated heterocycles. The minimum absolute atomic E-state index is 0.722. The van der Waals surface area contributed by atoms with Crippen molar-refractivity contribution < 1.29 is 4.74 Å². The predicted molar refractivity (Wildman–Crippen MR) is 67.0 cm³/mol. The van der Waals surface area contributed by atoms with Gasteiger partial charge in [0.15, 0.2) is 0 Å². The summed E-state index contributed by atoms with van der Waals surface area (Å²) in [5.41, 5.74) is 4.09. The van der Waals surface area contributed by atoms with E-state index in [2.05, 4.69) is 25.2 Å². The van der Waals surface area contributed by atoms with Gasteiger partial charge in [0.2, 0.25) is 0 Å². The molecule has 0 aliphatic heterocycles. The van der Waals surface area contributed by atoms with E-state index in [1.807, 2.05) is 18.0 Å². The maximum absolute atomic E-state index is 4.98. The number of hydrogen-bond acceptors (Lipinski definition) is 5. The number of thiazole rings is 1. The molecule has 0 radical (unpaired) electrons. The lowest BCUT2D eigenvalue weighted by Crippen LogP contribution is -2.20. The minimum Gasteiger partial charge on any atom is -0.383 e. The molecular formula is C11H16N4OS. The second kappa shape index (κ2) is 6.48. The molecule has 92 valence electrons. The van der Waals surface area contributed by atoms with Crippen LogP contribution in [0.1, 0.15) is 11.4 Å². The number of hydrogen-bond donors (Lipinski definition) is 1. The molecule has 0 amide bonds. The smallest absolute Gasteiger partial charge is 0.0952 e. The molecule has 17 heavy (non-hydrogen) atoms. The molecule has 0 spiro atoms. The van der Waals surface area contributed by atoms with Crippen molar-refractivity contribution in [1.82, 2.24) is 19.9 Å². The van der Waals surface area contributed by atoms with Gasteiger partial charge in [-0.2, -0.15) is 0 Å². The van der Waals surface area contributed by atoms with Gasteiger partial charge in [-0.3, -0.25) is 0 Å². The summed E-state index contributed by atoms with van der Waals surface area (Å²) in [7, 11) is 1.70. The van der Waals surface area contributed by atoms with Crippen molar-refractivity contribution in [3.8, 4) is 0 Å². The molecule has 0 fully saturated rings. The lowest BCUT2D eigenvalue weighted by molar-refractivity contribution is 0.199. The Kier molecular flexibility index (Phi) is 4.66. The highest BCUT2D eigenvalue weighted by Gasteiger charge is 2.03. The average molecular weight is 252 g/mol. The van der Waals surface area contributed by atoms with Gasteiger partial charge in [0.05, 0.1) is 36.4 Å². The molecular weight excluding hydrogens is 236 g/mol. The fourth-order valence-electron chi connectivity index (χ4n) is 1.52. The van der Waals surface area contributed by atoms with Crippen molar-refractivity contribution in [2.75, 3.05) is 20.3 Å². The fraction of sp³-hybridized carbons (Fsp3) is 0.455. The fourth-order valence-corrected chi connectivity index (χ4v) is 2.07. The Hall–Kier alpha value is -1.24. The van der Waals surface area contributed by atoms with E-state index in [0.29, 0.717) is 0 Å². The molecule has 0 atom stereocenters. The Bertz CT molecular complexity index is 426. The zero-order valence-corrected chi connectivity index (χ0v) is 10.6. The highest BCUT2D eigenvalue weighted by Crippen LogP contribution is 2.06. The maximum Gasteiger partial charge on any atom is 0.0952 e. The van der Waals surface area contributed by atoms with Crippen LogP contribution in [0.5, 0.6) is 0 Å². The van der Waals surface area contributed by atoms with Crippen molar-refractivity contribution in [3.05, 3.63) is 34.8 Å². The first-order valence-electron chi connectivity index (χ1n) is 5.46. The number of ether oxygens (including phenoxy) is 1. The first-order valence-corrected chi connectivity index (χ1v) is 6.40. The van der Waals surface area contributed by atoms with Crippen LogP contribution in [0.4, 0.5) is 0 Å². The highest BCUT2D eigenvalue weighted by atomic mass is 32.1. The van der Waals surface area contributed by atoms with Crippen molar-refractivity contribution >= 4 is 11.3 Å². The summed E-state index contributed by atoms with van der Waals surface area (Å²) in [5, 5.41) is 5.36. The molecule has 2 rings (SSSR count). The van der Waals surface area contributed by atoms with E-state index >= 15 is 0 Å². The summed E-state index contributed by atoms with van der Waals surface area (Å²) in [5.74, 6) is 0. The van der Waals surface area contributed by atoms with Crippen LogP contribution < -0.4 is 5.32 Å². The maximum atomic E-state index is 4.98. The van der Waals surface area contributed by atoms with E-state index in [9.17, 15) is 0 Å². The van der Waals surface area contributed by atoms with Crippen molar-refractivity contribution in [1.29, 1.82) is 0 Å². The van der Waals surface area contributed by atoms with Gasteiger partial charge in [-0.05, 0) is 0 Å². The van der Waals surface area contributed by atoms with Gasteiger partial charge in [-0.1, -0.05) is 0 Å². The van der Waals surface area contributed by atoms with E-state index in [-0.39, 0.29) is 0 Å². The Labute approximate surface area is 104 Å². The minimum atomic E-state index is 0.722. The van der Waals surface area contributed by atoms with Crippen LogP contribution in [-0.4, -0.2) is 34.8 Å². The van der Waals surface area contributed by atoms with Crippen LogP contribution in [0.15, 0.2) is 23.4 Å². The standard InChI is InChI=1S/C11H16N4OS/c1-16-3-2-12-4-11-5-13-8-15(11)6-10-7-17-9-14-10/h5,7-9,12H,2-4,6H2,1H3. The van der Waals surface area contributed by atoms with Gasteiger partial charge < -0.3 is 14.6 Å². The van der Waals surface area contributed by atoms with Crippen molar-refractivity contribution in [2.45, 2.75) is 13.1 Å². The van der Waals surface area contributed by atoms with Gasteiger partial charge in [0.1, 0.15) is 0 Å². The molecule has 6 heteroatoms. The molecule has 0 aromatic carbocycles. The largest absolute Gasteiger partial charge is 0.383 e. The number of aromatic nitrogens is 3. The second-order valence-electron chi connectivity index (χ2n) is 3.66. The molecule has 2 aromatic rings. The summed E-state index contributed by atoms with van der Waals surface area (Å²) in [6.07, 6.45) is 3.72. The molecule has 0 unspecified atom stereocenters. The quantitative estimate of drug-likeness (QED) is 0.750. The molecule has 0 bridgehead atoms. The third-order valence-electron chi connectivity index (χ3n) is 2.40. The predicted octanol–water partition coefficient (Wildman–Crippen LogP) is 1.12. The van der Waals surface area contributed by atoms with E-state index in [0.717, 1.165) is 37.6 Å². The summed E-state index contributed by atoms with van der Waals surface area (Å²) in [6, 6.07) is 0. The Balaban J connectivity index is 1.88. The first-order chi connectivity index (χ1) is 8.40. The van der Waals surface area contributed by atoms with Crippen LogP contribution in [0.25, 0.3) is 0 Å². The van der Waals surface area contributed by atoms with Crippen molar-refractivity contribution in [3.63, 3.8) is 0 Å². The third kappa shape index (κ3) is 3.62. The zero-order chi connectivity index (χ0) is 11.9. The van der Waals surface area contributed by atoms with Gasteiger partial charge >= 0.3 is 0 Å². The summed E-state index contributed by atoms with van der Waals surface area (Å²) >= 11 is 1.61. The molecule has 1 N–H and O–H groups in total. The van der Waals surface area contributed by atoms with Crippen LogP contribution in [-0.2, 0) is 17.8 Å². The van der Waals surface area contributed by atoms with Gasteiger partial charge in [-0.15, -0.1) is 11.3 Å². The molecule has 2 heterocycles. The summed E-state index contributed by atoms with van der Waals surface area (Å²) in [6.45, 7) is 3.15. The molecule has 0 saturated carbocycles. The molecule has 0 aliphatic rings. The van der Waals surface area contributed by atoms with Gasteiger partial charge in [0, 0.05) is 31.8 Å². The number of methoxy groups -OCH3 is 1. The Morgan fingerprint density at radius 2 is 2.47 bits per heavy atom. The van der Waals surface area contributed by atoms with Gasteiger partial charge in [-0.25, -0.2) is 9.97 Å². The summed E-state index contributed by atoms with van der Waals surface area (Å²) < 4.78 is 7.09. The summed E-state index contributed by atoms with van der Waals surface area (Å²) in [4.78, 5) is 8.44. The van der Waals surface area contributed by atoms with E-state index in [1.54, 1.807) is 18.4 Å². The Morgan fingerprint density at radius 1 is 1.53 bits per heavy atom. The molecule has 2 aromatic heterocycles. The lowest BCUT2D eigenvalue weighted by Gasteiger charge is -2.07. The zero-order valence-electron chi connectivity index (χ0n) is 9.80. The van der Waals surface area contributed by atoms with E-state index in [4.69, 9.17) is 4.74 Å². The number of nitrogens with zero attached hydrogens (tertiary/aromatic N) is 3. The second-order valence-corrected chi connectivity index (χ2v) is 4.38. The van der Waals surface area contributed by atoms with Crippen molar-refractivity contribution in [2.24, 2.45) is 0 Å². The van der Waals surface area contributed by atoms with Gasteiger partial charge in [0.25, 0.3) is 0 Å². The Morgan fingerprint density at radius 3 is 3.24 bits per heavy atom. The monoisotopic (exact) mass is 252 g/mol. The topological polar surface area (TPSA) is 52.0 Å². The van der Waals surface area contributed by atoms with Crippen LogP contribution in [0.3, 0.4) is 0 Å². The average Bonchev–Trinajstić information content (AvgIpc) is 2.97. The number of imidazole rings is 1. The van der Waals surface area contributed by atoms with Crippen LogP contribution >= 0.6 is 11.3 Å². The molecule has 0 aliphatic carbocycles. The van der Waals surface area contributed by atoms with Crippen LogP contribution in [0.2, 0.25) is 0 Å². The lowest BCUT2D eigenvalue weighted by atomic mass is 10.4. The van der Waals surface area contributed by atoms with E-state index < -0.39 is 0 Å². The van der Waals surface area contributed by atoms with Crippen LogP contribution in [0, 0.1) is 0 Å². The molecule has 5 nitrogen and oxygen atoms in total. The highest BCUT2D eigenvalue weighted by molar-refractivity contribution is 7.07. The normalized spacial score (nSPS) is 10.9. The number of nitrogens with one attached hydrogen (secondary N) is 1. The SMILES string of the molecule is COCCNCc1cncn1Cc1cscn1. The number of rotatable bonds is 7. The third-order valence-corrected chi connectivity index (χ3v) is 3.04. The van der Waals surface area contributed by atoms with E-state index in [1.165, 1.54) is 0 Å². The first kappa shape index (κ1) is 12.2.